The monoisotopic (exact) mass is 402 g/mol. The van der Waals surface area contributed by atoms with Crippen LogP contribution in [0.25, 0.3) is 0 Å². The van der Waals surface area contributed by atoms with E-state index in [2.05, 4.69) is 13.8 Å². The Morgan fingerprint density at radius 2 is 1.32 bits per heavy atom. The average Bonchev–Trinajstić information content (AvgIpc) is 3.49. The predicted molar refractivity (Wildman–Crippen MR) is 114 cm³/mol. The molecule has 1 aliphatic rings. The summed E-state index contributed by atoms with van der Waals surface area (Å²) in [4.78, 5) is 0. The second-order valence-electron chi connectivity index (χ2n) is 8.07. The molecule has 5 nitrogen and oxygen atoms in total. The van der Waals surface area contributed by atoms with E-state index < -0.39 is 5.97 Å². The van der Waals surface area contributed by atoms with Crippen LogP contribution in [-0.4, -0.2) is 51.7 Å². The first-order valence-corrected chi connectivity index (χ1v) is 11.7. The highest BCUT2D eigenvalue weighted by Gasteiger charge is 2.51. The summed E-state index contributed by atoms with van der Waals surface area (Å²) >= 11 is 0. The molecule has 5 heteroatoms. The highest BCUT2D eigenvalue weighted by molar-refractivity contribution is 4.85. The van der Waals surface area contributed by atoms with Crippen LogP contribution in [0.4, 0.5) is 0 Å². The molecule has 1 rings (SSSR count). The van der Waals surface area contributed by atoms with Crippen molar-refractivity contribution in [3.8, 4) is 0 Å². The summed E-state index contributed by atoms with van der Waals surface area (Å²) < 4.78 is 29.5. The highest BCUT2D eigenvalue weighted by atomic mass is 16.9. The Morgan fingerprint density at radius 1 is 0.786 bits per heavy atom. The Morgan fingerprint density at radius 3 is 1.86 bits per heavy atom. The molecule has 0 aliphatic carbocycles. The van der Waals surface area contributed by atoms with Gasteiger partial charge in [0, 0.05) is 31.8 Å². The normalized spacial score (nSPS) is 19.0. The first-order chi connectivity index (χ1) is 13.6. The van der Waals surface area contributed by atoms with E-state index in [1.165, 1.54) is 38.5 Å². The number of hydrogen-bond acceptors (Lipinski definition) is 5. The van der Waals surface area contributed by atoms with E-state index in [0.717, 1.165) is 32.5 Å². The van der Waals surface area contributed by atoms with Gasteiger partial charge in [0.1, 0.15) is 6.10 Å². The molecule has 2 atom stereocenters. The largest absolute Gasteiger partial charge is 0.379 e. The lowest BCUT2D eigenvalue weighted by molar-refractivity contribution is -0.427. The standard InChI is InChI=1S/C23H46O5/c1-6-10-11-12-13-14-16-22(5,17-15-18-24-19-21-20-25-21)23(26-7-2,27-8-3)28-9-4/h21H,6-20H2,1-5H3. The van der Waals surface area contributed by atoms with Gasteiger partial charge in [-0.2, -0.15) is 0 Å². The van der Waals surface area contributed by atoms with Crippen LogP contribution >= 0.6 is 0 Å². The molecule has 0 aromatic carbocycles. The van der Waals surface area contributed by atoms with Gasteiger partial charge in [0.25, 0.3) is 5.97 Å². The molecule has 0 radical (unpaired) electrons. The smallest absolute Gasteiger partial charge is 0.288 e. The molecule has 0 amide bonds. The van der Waals surface area contributed by atoms with Crippen LogP contribution in [0.1, 0.15) is 92.4 Å². The van der Waals surface area contributed by atoms with Crippen LogP contribution in [0, 0.1) is 5.41 Å². The number of epoxide rings is 1. The summed E-state index contributed by atoms with van der Waals surface area (Å²) in [6.45, 7) is 14.6. The van der Waals surface area contributed by atoms with E-state index >= 15 is 0 Å². The van der Waals surface area contributed by atoms with Gasteiger partial charge in [0.2, 0.25) is 0 Å². The van der Waals surface area contributed by atoms with Crippen LogP contribution < -0.4 is 0 Å². The Hall–Kier alpha value is -0.200. The molecule has 0 bridgehead atoms. The minimum absolute atomic E-state index is 0.209. The Balaban J connectivity index is 2.69. The minimum atomic E-state index is -0.978. The summed E-state index contributed by atoms with van der Waals surface area (Å²) in [6, 6.07) is 0. The van der Waals surface area contributed by atoms with Crippen LogP contribution in [-0.2, 0) is 23.7 Å². The van der Waals surface area contributed by atoms with E-state index in [0.29, 0.717) is 32.5 Å². The molecule has 28 heavy (non-hydrogen) atoms. The molecular weight excluding hydrogens is 356 g/mol. The molecule has 1 fully saturated rings. The molecule has 2 unspecified atom stereocenters. The summed E-state index contributed by atoms with van der Waals surface area (Å²) in [6.07, 6.45) is 11.0. The molecule has 0 saturated carbocycles. The lowest BCUT2D eigenvalue weighted by Crippen LogP contribution is -2.53. The quantitative estimate of drug-likeness (QED) is 0.148. The van der Waals surface area contributed by atoms with Crippen molar-refractivity contribution < 1.29 is 23.7 Å². The minimum Gasteiger partial charge on any atom is -0.379 e. The Bertz CT molecular complexity index is 355. The maximum Gasteiger partial charge on any atom is 0.288 e. The zero-order valence-corrected chi connectivity index (χ0v) is 19.2. The maximum atomic E-state index is 6.17. The molecule has 1 heterocycles. The SMILES string of the molecule is CCCCCCCCC(C)(CCCOCC1CO1)C(OCC)(OCC)OCC. The van der Waals surface area contributed by atoms with Gasteiger partial charge in [-0.1, -0.05) is 52.4 Å². The lowest BCUT2D eigenvalue weighted by Gasteiger charge is -2.47. The fraction of sp³-hybridized carbons (Fsp3) is 1.00. The van der Waals surface area contributed by atoms with Gasteiger partial charge < -0.3 is 23.7 Å². The van der Waals surface area contributed by atoms with Crippen LogP contribution in [0.3, 0.4) is 0 Å². The molecular formula is C23H46O5. The first-order valence-electron chi connectivity index (χ1n) is 11.7. The zero-order valence-electron chi connectivity index (χ0n) is 19.2. The third kappa shape index (κ3) is 9.08. The Kier molecular flexibility index (Phi) is 13.6. The molecule has 0 spiro atoms. The second-order valence-corrected chi connectivity index (χ2v) is 8.07. The third-order valence-electron chi connectivity index (χ3n) is 5.55. The van der Waals surface area contributed by atoms with Crippen molar-refractivity contribution in [2.75, 3.05) is 39.6 Å². The molecule has 0 aromatic rings. The zero-order chi connectivity index (χ0) is 20.7. The molecule has 0 N–H and O–H groups in total. The topological polar surface area (TPSA) is 49.5 Å². The van der Waals surface area contributed by atoms with E-state index in [1.54, 1.807) is 0 Å². The van der Waals surface area contributed by atoms with Crippen molar-refractivity contribution in [3.05, 3.63) is 0 Å². The van der Waals surface area contributed by atoms with Gasteiger partial charge >= 0.3 is 0 Å². The van der Waals surface area contributed by atoms with Gasteiger partial charge in [0.05, 0.1) is 13.2 Å². The fourth-order valence-corrected chi connectivity index (χ4v) is 3.89. The van der Waals surface area contributed by atoms with Crippen LogP contribution in [0.5, 0.6) is 0 Å². The summed E-state index contributed by atoms with van der Waals surface area (Å²) in [5.74, 6) is -0.978. The van der Waals surface area contributed by atoms with Crippen molar-refractivity contribution in [2.45, 2.75) is 104 Å². The van der Waals surface area contributed by atoms with Gasteiger partial charge in [0.15, 0.2) is 0 Å². The van der Waals surface area contributed by atoms with Crippen molar-refractivity contribution in [1.29, 1.82) is 0 Å². The summed E-state index contributed by atoms with van der Waals surface area (Å²) in [5, 5.41) is 0. The predicted octanol–water partition coefficient (Wildman–Crippen LogP) is 5.70. The lowest BCUT2D eigenvalue weighted by atomic mass is 9.77. The van der Waals surface area contributed by atoms with E-state index in [9.17, 15) is 0 Å². The first kappa shape index (κ1) is 25.8. The van der Waals surface area contributed by atoms with Gasteiger partial charge in [-0.3, -0.25) is 0 Å². The average molecular weight is 403 g/mol. The number of unbranched alkanes of at least 4 members (excludes halogenated alkanes) is 5. The molecule has 1 saturated heterocycles. The van der Waals surface area contributed by atoms with Crippen molar-refractivity contribution in [3.63, 3.8) is 0 Å². The number of hydrogen-bond donors (Lipinski definition) is 0. The van der Waals surface area contributed by atoms with Crippen molar-refractivity contribution >= 4 is 0 Å². The third-order valence-corrected chi connectivity index (χ3v) is 5.55. The summed E-state index contributed by atoms with van der Waals surface area (Å²) in [7, 11) is 0. The number of rotatable bonds is 20. The molecule has 0 aromatic heterocycles. The van der Waals surface area contributed by atoms with Gasteiger partial charge in [-0.05, 0) is 40.0 Å². The van der Waals surface area contributed by atoms with E-state index in [-0.39, 0.29) is 5.41 Å². The van der Waals surface area contributed by atoms with E-state index in [4.69, 9.17) is 23.7 Å². The highest BCUT2D eigenvalue weighted by Crippen LogP contribution is 2.45. The van der Waals surface area contributed by atoms with E-state index in [1.807, 2.05) is 20.8 Å². The van der Waals surface area contributed by atoms with Gasteiger partial charge in [-0.15, -0.1) is 0 Å². The maximum absolute atomic E-state index is 6.17. The van der Waals surface area contributed by atoms with Crippen molar-refractivity contribution in [2.24, 2.45) is 5.41 Å². The van der Waals surface area contributed by atoms with Crippen LogP contribution in [0.2, 0.25) is 0 Å². The molecule has 1 aliphatic heterocycles. The second kappa shape index (κ2) is 14.7. The van der Waals surface area contributed by atoms with Crippen molar-refractivity contribution in [1.82, 2.24) is 0 Å². The molecule has 168 valence electrons. The summed E-state index contributed by atoms with van der Waals surface area (Å²) in [5.41, 5.74) is -0.209. The fourth-order valence-electron chi connectivity index (χ4n) is 3.89. The Labute approximate surface area is 173 Å². The van der Waals surface area contributed by atoms with Crippen LogP contribution in [0.15, 0.2) is 0 Å². The van der Waals surface area contributed by atoms with Gasteiger partial charge in [-0.25, -0.2) is 0 Å². The number of ether oxygens (including phenoxy) is 5.